The number of hydrogen-bond donors (Lipinski definition) is 0. The summed E-state index contributed by atoms with van der Waals surface area (Å²) in [6, 6.07) is 7.59. The molecule has 0 bridgehead atoms. The fourth-order valence-corrected chi connectivity index (χ4v) is 2.80. The first kappa shape index (κ1) is 16.1. The fourth-order valence-electron chi connectivity index (χ4n) is 2.63. The topological polar surface area (TPSA) is 38.8 Å². The van der Waals surface area contributed by atoms with Gasteiger partial charge in [-0.3, -0.25) is 4.79 Å². The zero-order valence-corrected chi connectivity index (χ0v) is 13.5. The number of ether oxygens (including phenoxy) is 2. The average molecular weight is 312 g/mol. The molecule has 1 heterocycles. The molecule has 0 N–H and O–H groups in total. The fraction of sp³-hybridized carbons (Fsp3) is 0.562. The number of nitrogens with zero attached hydrogens (tertiary/aromatic N) is 1. The van der Waals surface area contributed by atoms with E-state index in [1.165, 1.54) is 0 Å². The van der Waals surface area contributed by atoms with Crippen LogP contribution in [-0.2, 0) is 16.0 Å². The molecule has 116 valence electrons. The van der Waals surface area contributed by atoms with E-state index in [1.807, 2.05) is 43.0 Å². The number of amides is 1. The van der Waals surface area contributed by atoms with Crippen molar-refractivity contribution in [1.82, 2.24) is 4.90 Å². The van der Waals surface area contributed by atoms with E-state index in [9.17, 15) is 4.79 Å². The van der Waals surface area contributed by atoms with Gasteiger partial charge in [0.2, 0.25) is 5.91 Å². The van der Waals surface area contributed by atoms with E-state index in [0.717, 1.165) is 11.3 Å². The molecule has 1 fully saturated rings. The van der Waals surface area contributed by atoms with E-state index in [-0.39, 0.29) is 17.6 Å². The van der Waals surface area contributed by atoms with E-state index in [2.05, 4.69) is 0 Å². The van der Waals surface area contributed by atoms with Crippen LogP contribution < -0.4 is 4.74 Å². The smallest absolute Gasteiger partial charge is 0.227 e. The van der Waals surface area contributed by atoms with Crippen LogP contribution in [0.25, 0.3) is 0 Å². The SMILES string of the molecule is COc1cccc(CC(=O)N2CC(CCl)OC(C)(C)C2)c1. The second kappa shape index (κ2) is 6.67. The molecule has 2 rings (SSSR count). The molecule has 21 heavy (non-hydrogen) atoms. The van der Waals surface area contributed by atoms with Crippen molar-refractivity contribution in [1.29, 1.82) is 0 Å². The number of carbonyl (C=O) groups excluding carboxylic acids is 1. The number of rotatable bonds is 4. The Bertz CT molecular complexity index is 504. The van der Waals surface area contributed by atoms with Gasteiger partial charge >= 0.3 is 0 Å². The van der Waals surface area contributed by atoms with Crippen molar-refractivity contribution in [3.8, 4) is 5.75 Å². The molecular formula is C16H22ClNO3. The summed E-state index contributed by atoms with van der Waals surface area (Å²) < 4.78 is 11.0. The van der Waals surface area contributed by atoms with Crippen LogP contribution in [-0.4, -0.2) is 48.6 Å². The maximum Gasteiger partial charge on any atom is 0.227 e. The highest BCUT2D eigenvalue weighted by molar-refractivity contribution is 6.18. The summed E-state index contributed by atoms with van der Waals surface area (Å²) in [7, 11) is 1.62. The average Bonchev–Trinajstić information content (AvgIpc) is 2.45. The molecule has 1 aliphatic heterocycles. The van der Waals surface area contributed by atoms with Gasteiger partial charge in [0.15, 0.2) is 0 Å². The van der Waals surface area contributed by atoms with Gasteiger partial charge in [0, 0.05) is 13.1 Å². The van der Waals surface area contributed by atoms with Gasteiger partial charge in [-0.05, 0) is 31.5 Å². The van der Waals surface area contributed by atoms with Crippen LogP contribution in [0.5, 0.6) is 5.75 Å². The molecule has 0 radical (unpaired) electrons. The van der Waals surface area contributed by atoms with E-state index in [4.69, 9.17) is 21.1 Å². The van der Waals surface area contributed by atoms with Crippen molar-refractivity contribution in [2.24, 2.45) is 0 Å². The van der Waals surface area contributed by atoms with Crippen molar-refractivity contribution < 1.29 is 14.3 Å². The van der Waals surface area contributed by atoms with Crippen LogP contribution in [0.4, 0.5) is 0 Å². The van der Waals surface area contributed by atoms with Gasteiger partial charge in [-0.1, -0.05) is 12.1 Å². The van der Waals surface area contributed by atoms with Crippen LogP contribution >= 0.6 is 11.6 Å². The predicted octanol–water partition coefficient (Wildman–Crippen LogP) is 2.48. The molecule has 0 saturated carbocycles. The van der Waals surface area contributed by atoms with Gasteiger partial charge in [-0.25, -0.2) is 0 Å². The minimum atomic E-state index is -0.359. The van der Waals surface area contributed by atoms with Gasteiger partial charge in [-0.15, -0.1) is 11.6 Å². The zero-order valence-electron chi connectivity index (χ0n) is 12.8. The number of carbonyl (C=O) groups is 1. The molecule has 1 aromatic carbocycles. The number of benzene rings is 1. The molecule has 5 heteroatoms. The molecule has 0 aliphatic carbocycles. The largest absolute Gasteiger partial charge is 0.497 e. The minimum absolute atomic E-state index is 0.0924. The molecule has 1 aromatic rings. The normalized spacial score (nSPS) is 21.1. The first-order valence-electron chi connectivity index (χ1n) is 7.08. The van der Waals surface area contributed by atoms with Crippen molar-refractivity contribution in [2.75, 3.05) is 26.1 Å². The highest BCUT2D eigenvalue weighted by Crippen LogP contribution is 2.23. The van der Waals surface area contributed by atoms with Crippen LogP contribution in [0.2, 0.25) is 0 Å². The summed E-state index contributed by atoms with van der Waals surface area (Å²) in [6.45, 7) is 5.11. The number of methoxy groups -OCH3 is 1. The number of hydrogen-bond acceptors (Lipinski definition) is 3. The van der Waals surface area contributed by atoms with Gasteiger partial charge in [-0.2, -0.15) is 0 Å². The van der Waals surface area contributed by atoms with Crippen molar-refractivity contribution in [3.05, 3.63) is 29.8 Å². The molecule has 1 unspecified atom stereocenters. The van der Waals surface area contributed by atoms with Gasteiger partial charge in [0.25, 0.3) is 0 Å². The highest BCUT2D eigenvalue weighted by Gasteiger charge is 2.35. The summed E-state index contributed by atoms with van der Waals surface area (Å²) >= 11 is 5.90. The summed E-state index contributed by atoms with van der Waals surface area (Å²) in [5, 5.41) is 0. The molecule has 1 atom stereocenters. The Morgan fingerprint density at radius 2 is 2.29 bits per heavy atom. The van der Waals surface area contributed by atoms with E-state index in [1.54, 1.807) is 7.11 Å². The van der Waals surface area contributed by atoms with Crippen molar-refractivity contribution in [2.45, 2.75) is 32.0 Å². The van der Waals surface area contributed by atoms with Gasteiger partial charge < -0.3 is 14.4 Å². The quantitative estimate of drug-likeness (QED) is 0.802. The molecule has 1 aliphatic rings. The Morgan fingerprint density at radius 1 is 1.52 bits per heavy atom. The molecule has 1 amide bonds. The third-order valence-electron chi connectivity index (χ3n) is 3.50. The molecule has 0 spiro atoms. The van der Waals surface area contributed by atoms with E-state index < -0.39 is 0 Å². The third kappa shape index (κ3) is 4.35. The lowest BCUT2D eigenvalue weighted by molar-refractivity contribution is -0.156. The Kier molecular flexibility index (Phi) is 5.12. The van der Waals surface area contributed by atoms with Crippen LogP contribution in [0.1, 0.15) is 19.4 Å². The third-order valence-corrected chi connectivity index (χ3v) is 3.84. The lowest BCUT2D eigenvalue weighted by Crippen LogP contribution is -2.55. The van der Waals surface area contributed by atoms with Crippen LogP contribution in [0, 0.1) is 0 Å². The number of halogens is 1. The Hall–Kier alpha value is -1.26. The van der Waals surface area contributed by atoms with Gasteiger partial charge in [0.05, 0.1) is 31.1 Å². The lowest BCUT2D eigenvalue weighted by atomic mass is 10.0. The van der Waals surface area contributed by atoms with E-state index in [0.29, 0.717) is 25.4 Å². The van der Waals surface area contributed by atoms with Crippen LogP contribution in [0.15, 0.2) is 24.3 Å². The monoisotopic (exact) mass is 311 g/mol. The standard InChI is InChI=1S/C16H22ClNO3/c1-16(2)11-18(10-14(9-17)21-16)15(19)8-12-5-4-6-13(7-12)20-3/h4-7,14H,8-11H2,1-3H3. The van der Waals surface area contributed by atoms with E-state index >= 15 is 0 Å². The zero-order chi connectivity index (χ0) is 15.5. The summed E-state index contributed by atoms with van der Waals surface area (Å²) in [5.74, 6) is 1.25. The Morgan fingerprint density at radius 3 is 2.95 bits per heavy atom. The minimum Gasteiger partial charge on any atom is -0.497 e. The molecule has 1 saturated heterocycles. The Labute approximate surface area is 131 Å². The maximum atomic E-state index is 12.5. The Balaban J connectivity index is 2.05. The lowest BCUT2D eigenvalue weighted by Gasteiger charge is -2.42. The maximum absolute atomic E-state index is 12.5. The molecular weight excluding hydrogens is 290 g/mol. The highest BCUT2D eigenvalue weighted by atomic mass is 35.5. The first-order chi connectivity index (χ1) is 9.93. The van der Waals surface area contributed by atoms with Crippen molar-refractivity contribution >= 4 is 17.5 Å². The summed E-state index contributed by atoms with van der Waals surface area (Å²) in [5.41, 5.74) is 0.591. The number of alkyl halides is 1. The second-order valence-corrected chi connectivity index (χ2v) is 6.27. The van der Waals surface area contributed by atoms with Gasteiger partial charge in [0.1, 0.15) is 5.75 Å². The summed E-state index contributed by atoms with van der Waals surface area (Å²) in [4.78, 5) is 14.3. The number of morpholine rings is 1. The molecule has 4 nitrogen and oxygen atoms in total. The summed E-state index contributed by atoms with van der Waals surface area (Å²) in [6.07, 6.45) is 0.257. The van der Waals surface area contributed by atoms with Crippen molar-refractivity contribution in [3.63, 3.8) is 0 Å². The predicted molar refractivity (Wildman–Crippen MR) is 83.0 cm³/mol. The van der Waals surface area contributed by atoms with Crippen LogP contribution in [0.3, 0.4) is 0 Å². The molecule has 0 aromatic heterocycles. The first-order valence-corrected chi connectivity index (χ1v) is 7.61. The second-order valence-electron chi connectivity index (χ2n) is 5.96.